The number of benzene rings is 2. The fourth-order valence-electron chi connectivity index (χ4n) is 3.05. The lowest BCUT2D eigenvalue weighted by molar-refractivity contribution is -0.129. The van der Waals surface area contributed by atoms with Gasteiger partial charge in [0.2, 0.25) is 5.91 Å². The summed E-state index contributed by atoms with van der Waals surface area (Å²) >= 11 is 0. The van der Waals surface area contributed by atoms with Crippen LogP contribution in [-0.2, 0) is 11.8 Å². The maximum Gasteiger partial charge on any atom is 0.253 e. The van der Waals surface area contributed by atoms with Crippen LogP contribution in [0.4, 0.5) is 0 Å². The van der Waals surface area contributed by atoms with Gasteiger partial charge in [-0.2, -0.15) is 0 Å². The number of nitrogens with zero attached hydrogens (tertiary/aromatic N) is 2. The average molecular weight is 349 g/mol. The summed E-state index contributed by atoms with van der Waals surface area (Å²) in [5.74, 6) is -0.209. The van der Waals surface area contributed by atoms with E-state index in [0.29, 0.717) is 5.56 Å². The van der Waals surface area contributed by atoms with Crippen molar-refractivity contribution in [2.75, 3.05) is 14.1 Å². The smallest absolute Gasteiger partial charge is 0.253 e. The number of rotatable bonds is 5. The topological polar surface area (TPSA) is 54.3 Å². The van der Waals surface area contributed by atoms with Crippen molar-refractivity contribution >= 4 is 22.7 Å². The predicted molar refractivity (Wildman–Crippen MR) is 103 cm³/mol. The van der Waals surface area contributed by atoms with Gasteiger partial charge in [0.25, 0.3) is 5.91 Å². The fraction of sp³-hybridized carbons (Fsp3) is 0.238. The van der Waals surface area contributed by atoms with Crippen LogP contribution in [0.3, 0.4) is 0 Å². The van der Waals surface area contributed by atoms with Crippen molar-refractivity contribution in [3.05, 3.63) is 71.9 Å². The molecule has 26 heavy (non-hydrogen) atoms. The van der Waals surface area contributed by atoms with Crippen LogP contribution < -0.4 is 5.32 Å². The lowest BCUT2D eigenvalue weighted by Crippen LogP contribution is -2.33. The Balaban J connectivity index is 1.90. The van der Waals surface area contributed by atoms with Gasteiger partial charge in [-0.25, -0.2) is 0 Å². The van der Waals surface area contributed by atoms with E-state index < -0.39 is 0 Å². The van der Waals surface area contributed by atoms with Crippen LogP contribution >= 0.6 is 0 Å². The van der Waals surface area contributed by atoms with Gasteiger partial charge in [-0.15, -0.1) is 0 Å². The molecule has 0 saturated carbocycles. The molecule has 5 nitrogen and oxygen atoms in total. The van der Waals surface area contributed by atoms with Gasteiger partial charge < -0.3 is 14.8 Å². The van der Waals surface area contributed by atoms with Gasteiger partial charge >= 0.3 is 0 Å². The molecule has 0 aliphatic carbocycles. The highest BCUT2D eigenvalue weighted by Crippen LogP contribution is 2.23. The van der Waals surface area contributed by atoms with Crippen LogP contribution in [0.15, 0.2) is 60.8 Å². The van der Waals surface area contributed by atoms with Crippen molar-refractivity contribution in [3.8, 4) is 0 Å². The number of hydrogen-bond donors (Lipinski definition) is 1. The largest absolute Gasteiger partial charge is 0.350 e. The second-order valence-corrected chi connectivity index (χ2v) is 6.60. The number of aryl methyl sites for hydroxylation is 1. The first-order valence-electron chi connectivity index (χ1n) is 8.57. The highest BCUT2D eigenvalue weighted by Gasteiger charge is 2.22. The molecule has 0 fully saturated rings. The van der Waals surface area contributed by atoms with Crippen molar-refractivity contribution in [2.24, 2.45) is 7.05 Å². The molecule has 0 aliphatic rings. The minimum absolute atomic E-state index is 0.0305. The Labute approximate surface area is 153 Å². The molecule has 3 rings (SSSR count). The van der Waals surface area contributed by atoms with Crippen LogP contribution in [0.25, 0.3) is 10.9 Å². The van der Waals surface area contributed by atoms with Crippen LogP contribution in [0.5, 0.6) is 0 Å². The second kappa shape index (κ2) is 7.44. The summed E-state index contributed by atoms with van der Waals surface area (Å²) in [7, 11) is 5.36. The maximum atomic E-state index is 13.0. The van der Waals surface area contributed by atoms with Crippen LogP contribution in [0.2, 0.25) is 0 Å². The van der Waals surface area contributed by atoms with Crippen LogP contribution in [-0.4, -0.2) is 35.4 Å². The standard InChI is InChI=1S/C21H23N3O2/c1-23(2)20(25)13-18(15-9-5-4-6-10-15)22-21(26)17-14-24(3)19-12-8-7-11-16(17)19/h4-12,14,18H,13H2,1-3H3,(H,22,26). The molecule has 1 atom stereocenters. The molecule has 0 saturated heterocycles. The van der Waals surface area contributed by atoms with Crippen LogP contribution in [0, 0.1) is 0 Å². The summed E-state index contributed by atoms with van der Waals surface area (Å²) in [6, 6.07) is 17.0. The molecule has 0 bridgehead atoms. The van der Waals surface area contributed by atoms with Crippen molar-refractivity contribution in [2.45, 2.75) is 12.5 Å². The Morgan fingerprint density at radius 2 is 1.69 bits per heavy atom. The normalized spacial score (nSPS) is 12.0. The van der Waals surface area contributed by atoms with E-state index in [9.17, 15) is 9.59 Å². The van der Waals surface area contributed by atoms with Gasteiger partial charge in [0.15, 0.2) is 0 Å². The van der Waals surface area contributed by atoms with Crippen molar-refractivity contribution in [1.82, 2.24) is 14.8 Å². The molecule has 0 radical (unpaired) electrons. The quantitative estimate of drug-likeness (QED) is 0.769. The van der Waals surface area contributed by atoms with Crippen LogP contribution in [0.1, 0.15) is 28.4 Å². The maximum absolute atomic E-state index is 13.0. The number of fused-ring (bicyclic) bond motifs is 1. The van der Waals surface area contributed by atoms with Gasteiger partial charge in [0, 0.05) is 38.2 Å². The van der Waals surface area contributed by atoms with E-state index in [0.717, 1.165) is 16.5 Å². The molecular weight excluding hydrogens is 326 g/mol. The summed E-state index contributed by atoms with van der Waals surface area (Å²) in [4.78, 5) is 26.7. The van der Waals surface area contributed by atoms with Gasteiger partial charge in [-0.1, -0.05) is 48.5 Å². The molecule has 134 valence electrons. The average Bonchev–Trinajstić information content (AvgIpc) is 2.99. The zero-order valence-electron chi connectivity index (χ0n) is 15.3. The van der Waals surface area contributed by atoms with Crippen molar-refractivity contribution in [1.29, 1.82) is 0 Å². The SMILES string of the molecule is CN(C)C(=O)CC(NC(=O)c1cn(C)c2ccccc12)c1ccccc1. The summed E-state index contributed by atoms with van der Waals surface area (Å²) in [6.45, 7) is 0. The number of para-hydroxylation sites is 1. The first-order chi connectivity index (χ1) is 12.5. The third-order valence-electron chi connectivity index (χ3n) is 4.53. The highest BCUT2D eigenvalue weighted by atomic mass is 16.2. The first kappa shape index (κ1) is 17.7. The molecule has 1 heterocycles. The molecule has 5 heteroatoms. The zero-order valence-corrected chi connectivity index (χ0v) is 15.3. The fourth-order valence-corrected chi connectivity index (χ4v) is 3.05. The minimum Gasteiger partial charge on any atom is -0.350 e. The van der Waals surface area contributed by atoms with E-state index in [4.69, 9.17) is 0 Å². The lowest BCUT2D eigenvalue weighted by atomic mass is 10.0. The van der Waals surface area contributed by atoms with Gasteiger partial charge in [0.05, 0.1) is 18.0 Å². The monoisotopic (exact) mass is 349 g/mol. The number of amides is 2. The van der Waals surface area contributed by atoms with Gasteiger partial charge in [-0.05, 0) is 11.6 Å². The van der Waals surface area contributed by atoms with E-state index in [2.05, 4.69) is 5.32 Å². The molecule has 1 aromatic heterocycles. The van der Waals surface area contributed by atoms with E-state index in [-0.39, 0.29) is 24.3 Å². The van der Waals surface area contributed by atoms with Gasteiger partial charge in [-0.3, -0.25) is 9.59 Å². The zero-order chi connectivity index (χ0) is 18.7. The van der Waals surface area contributed by atoms with Crippen molar-refractivity contribution in [3.63, 3.8) is 0 Å². The van der Waals surface area contributed by atoms with E-state index in [1.54, 1.807) is 19.0 Å². The Morgan fingerprint density at radius 3 is 2.38 bits per heavy atom. The van der Waals surface area contributed by atoms with E-state index >= 15 is 0 Å². The molecule has 1 N–H and O–H groups in total. The Bertz CT molecular complexity index is 929. The van der Waals surface area contributed by atoms with Crippen molar-refractivity contribution < 1.29 is 9.59 Å². The molecule has 2 aromatic carbocycles. The molecule has 1 unspecified atom stereocenters. The first-order valence-corrected chi connectivity index (χ1v) is 8.57. The third kappa shape index (κ3) is 3.61. The van der Waals surface area contributed by atoms with E-state index in [1.807, 2.05) is 72.4 Å². The minimum atomic E-state index is -0.377. The molecule has 2 amide bonds. The highest BCUT2D eigenvalue weighted by molar-refractivity contribution is 6.07. The number of carbonyl (C=O) groups is 2. The number of hydrogen-bond acceptors (Lipinski definition) is 2. The lowest BCUT2D eigenvalue weighted by Gasteiger charge is -2.21. The van der Waals surface area contributed by atoms with Gasteiger partial charge in [0.1, 0.15) is 0 Å². The Hall–Kier alpha value is -3.08. The molecular formula is C21H23N3O2. The predicted octanol–water partition coefficient (Wildman–Crippen LogP) is 3.13. The molecule has 0 spiro atoms. The summed E-state index contributed by atoms with van der Waals surface area (Å²) in [6.07, 6.45) is 2.04. The summed E-state index contributed by atoms with van der Waals surface area (Å²) in [5.41, 5.74) is 2.52. The number of carbonyl (C=O) groups excluding carboxylic acids is 2. The molecule has 3 aromatic rings. The summed E-state index contributed by atoms with van der Waals surface area (Å²) < 4.78 is 1.94. The molecule has 0 aliphatic heterocycles. The number of aromatic nitrogens is 1. The second-order valence-electron chi connectivity index (χ2n) is 6.60. The Kier molecular flexibility index (Phi) is 5.07. The number of nitrogens with one attached hydrogen (secondary N) is 1. The third-order valence-corrected chi connectivity index (χ3v) is 4.53. The van der Waals surface area contributed by atoms with E-state index in [1.165, 1.54) is 0 Å². The summed E-state index contributed by atoms with van der Waals surface area (Å²) in [5, 5.41) is 3.94. The Morgan fingerprint density at radius 1 is 1.04 bits per heavy atom.